The molecule has 5 heteroatoms. The SMILES string of the molecule is CC1COCC(=O)NCCC(C)C(C)C(=O)N1. The lowest BCUT2D eigenvalue weighted by Gasteiger charge is -2.23. The number of amides is 2. The van der Waals surface area contributed by atoms with E-state index in [0.29, 0.717) is 13.2 Å². The molecule has 1 fully saturated rings. The van der Waals surface area contributed by atoms with Crippen molar-refractivity contribution in [1.82, 2.24) is 10.6 Å². The second kappa shape index (κ2) is 6.59. The van der Waals surface area contributed by atoms with Gasteiger partial charge in [0.1, 0.15) is 6.61 Å². The summed E-state index contributed by atoms with van der Waals surface area (Å²) in [5.41, 5.74) is 0. The predicted octanol–water partition coefficient (Wildman–Crippen LogP) is 0.300. The van der Waals surface area contributed by atoms with Crippen molar-refractivity contribution in [3.05, 3.63) is 0 Å². The number of carbonyl (C=O) groups is 2. The molecule has 0 radical (unpaired) electrons. The van der Waals surface area contributed by atoms with Gasteiger partial charge in [0.25, 0.3) is 0 Å². The molecule has 1 aliphatic rings. The lowest BCUT2D eigenvalue weighted by molar-refractivity contribution is -0.128. The van der Waals surface area contributed by atoms with E-state index in [4.69, 9.17) is 4.74 Å². The molecule has 0 spiro atoms. The molecule has 17 heavy (non-hydrogen) atoms. The average Bonchev–Trinajstić information content (AvgIpc) is 2.26. The number of rotatable bonds is 0. The Balaban J connectivity index is 2.59. The highest BCUT2D eigenvalue weighted by molar-refractivity contribution is 5.79. The van der Waals surface area contributed by atoms with E-state index < -0.39 is 0 Å². The molecule has 5 nitrogen and oxygen atoms in total. The normalized spacial score (nSPS) is 33.0. The van der Waals surface area contributed by atoms with Crippen molar-refractivity contribution in [1.29, 1.82) is 0 Å². The van der Waals surface area contributed by atoms with E-state index in [0.717, 1.165) is 6.42 Å². The summed E-state index contributed by atoms with van der Waals surface area (Å²) in [6.07, 6.45) is 0.800. The van der Waals surface area contributed by atoms with E-state index in [9.17, 15) is 9.59 Å². The summed E-state index contributed by atoms with van der Waals surface area (Å²) in [6, 6.07) is -0.0654. The van der Waals surface area contributed by atoms with Crippen molar-refractivity contribution in [2.75, 3.05) is 19.8 Å². The standard InChI is InChI=1S/C12H22N2O3/c1-8-4-5-13-11(15)7-17-6-9(2)14-12(16)10(8)3/h8-10H,4-7H2,1-3H3,(H,13,15)(H,14,16). The first-order chi connectivity index (χ1) is 8.00. The summed E-state index contributed by atoms with van der Waals surface area (Å²) in [5, 5.41) is 5.68. The van der Waals surface area contributed by atoms with E-state index >= 15 is 0 Å². The van der Waals surface area contributed by atoms with Crippen LogP contribution in [-0.4, -0.2) is 37.6 Å². The molecule has 1 aliphatic heterocycles. The van der Waals surface area contributed by atoms with Gasteiger partial charge < -0.3 is 15.4 Å². The first-order valence-electron chi connectivity index (χ1n) is 6.15. The lowest BCUT2D eigenvalue weighted by atomic mass is 9.92. The number of nitrogens with one attached hydrogen (secondary N) is 2. The highest BCUT2D eigenvalue weighted by atomic mass is 16.5. The summed E-state index contributed by atoms with van der Waals surface area (Å²) in [4.78, 5) is 23.2. The molecule has 3 unspecified atom stereocenters. The molecule has 2 N–H and O–H groups in total. The Morgan fingerprint density at radius 3 is 2.65 bits per heavy atom. The third-order valence-corrected chi connectivity index (χ3v) is 3.18. The van der Waals surface area contributed by atoms with Gasteiger partial charge in [-0.1, -0.05) is 13.8 Å². The molecule has 1 saturated heterocycles. The number of ether oxygens (including phenoxy) is 1. The Hall–Kier alpha value is -1.10. The maximum atomic E-state index is 11.9. The Labute approximate surface area is 102 Å². The van der Waals surface area contributed by atoms with Gasteiger partial charge in [-0.3, -0.25) is 9.59 Å². The molecule has 98 valence electrons. The van der Waals surface area contributed by atoms with Crippen molar-refractivity contribution in [2.24, 2.45) is 11.8 Å². The van der Waals surface area contributed by atoms with Gasteiger partial charge in [0.05, 0.1) is 6.61 Å². The van der Waals surface area contributed by atoms with Crippen LogP contribution in [0.4, 0.5) is 0 Å². The monoisotopic (exact) mass is 242 g/mol. The zero-order valence-electron chi connectivity index (χ0n) is 10.8. The quantitative estimate of drug-likeness (QED) is 0.642. The average molecular weight is 242 g/mol. The first-order valence-corrected chi connectivity index (χ1v) is 6.15. The minimum atomic E-state index is -0.0936. The molecule has 1 rings (SSSR count). The topological polar surface area (TPSA) is 67.4 Å². The van der Waals surface area contributed by atoms with Gasteiger partial charge in [-0.05, 0) is 19.3 Å². The van der Waals surface area contributed by atoms with Crippen molar-refractivity contribution >= 4 is 11.8 Å². The molecular formula is C12H22N2O3. The van der Waals surface area contributed by atoms with Gasteiger partial charge >= 0.3 is 0 Å². The van der Waals surface area contributed by atoms with Crippen molar-refractivity contribution in [2.45, 2.75) is 33.2 Å². The zero-order valence-corrected chi connectivity index (χ0v) is 10.8. The lowest BCUT2D eigenvalue weighted by Crippen LogP contribution is -2.42. The minimum absolute atomic E-state index is 0.0474. The smallest absolute Gasteiger partial charge is 0.245 e. The van der Waals surface area contributed by atoms with E-state index in [-0.39, 0.29) is 36.3 Å². The van der Waals surface area contributed by atoms with E-state index in [1.165, 1.54) is 0 Å². The summed E-state index contributed by atoms with van der Waals surface area (Å²) in [6.45, 7) is 6.84. The Bertz CT molecular complexity index is 281. The van der Waals surface area contributed by atoms with Crippen LogP contribution in [0.3, 0.4) is 0 Å². The fourth-order valence-corrected chi connectivity index (χ4v) is 1.74. The van der Waals surface area contributed by atoms with E-state index in [1.54, 1.807) is 0 Å². The van der Waals surface area contributed by atoms with Gasteiger partial charge in [-0.2, -0.15) is 0 Å². The Kier molecular flexibility index (Phi) is 5.41. The van der Waals surface area contributed by atoms with Gasteiger partial charge in [0, 0.05) is 18.5 Å². The number of carbonyl (C=O) groups excluding carboxylic acids is 2. The van der Waals surface area contributed by atoms with Crippen molar-refractivity contribution in [3.63, 3.8) is 0 Å². The summed E-state index contributed by atoms with van der Waals surface area (Å²) in [7, 11) is 0. The Morgan fingerprint density at radius 1 is 1.24 bits per heavy atom. The van der Waals surface area contributed by atoms with Crippen molar-refractivity contribution in [3.8, 4) is 0 Å². The van der Waals surface area contributed by atoms with Crippen LogP contribution in [0.25, 0.3) is 0 Å². The van der Waals surface area contributed by atoms with Crippen LogP contribution in [0.2, 0.25) is 0 Å². The maximum Gasteiger partial charge on any atom is 0.245 e. The molecule has 1 heterocycles. The zero-order chi connectivity index (χ0) is 12.8. The first kappa shape index (κ1) is 14.0. The fraction of sp³-hybridized carbons (Fsp3) is 0.833. The number of hydrogen-bond acceptors (Lipinski definition) is 3. The Morgan fingerprint density at radius 2 is 1.94 bits per heavy atom. The molecule has 0 aromatic heterocycles. The van der Waals surface area contributed by atoms with Crippen LogP contribution in [0, 0.1) is 11.8 Å². The van der Waals surface area contributed by atoms with E-state index in [2.05, 4.69) is 10.6 Å². The molecular weight excluding hydrogens is 220 g/mol. The largest absolute Gasteiger partial charge is 0.370 e. The van der Waals surface area contributed by atoms with Gasteiger partial charge in [0.2, 0.25) is 11.8 Å². The summed E-state index contributed by atoms with van der Waals surface area (Å²) >= 11 is 0. The van der Waals surface area contributed by atoms with Crippen LogP contribution in [0.15, 0.2) is 0 Å². The van der Waals surface area contributed by atoms with Crippen LogP contribution in [-0.2, 0) is 14.3 Å². The van der Waals surface area contributed by atoms with Crippen LogP contribution in [0.1, 0.15) is 27.2 Å². The van der Waals surface area contributed by atoms with Crippen LogP contribution < -0.4 is 10.6 Å². The summed E-state index contributed by atoms with van der Waals surface area (Å²) in [5.74, 6) is 0.168. The minimum Gasteiger partial charge on any atom is -0.370 e. The third kappa shape index (κ3) is 4.73. The third-order valence-electron chi connectivity index (χ3n) is 3.18. The van der Waals surface area contributed by atoms with Gasteiger partial charge in [-0.25, -0.2) is 0 Å². The summed E-state index contributed by atoms with van der Waals surface area (Å²) < 4.78 is 5.21. The molecule has 0 saturated carbocycles. The highest BCUT2D eigenvalue weighted by Gasteiger charge is 2.22. The molecule has 0 bridgehead atoms. The number of hydrogen-bond donors (Lipinski definition) is 2. The molecule has 0 aliphatic carbocycles. The molecule has 0 aromatic carbocycles. The van der Waals surface area contributed by atoms with Gasteiger partial charge in [-0.15, -0.1) is 0 Å². The van der Waals surface area contributed by atoms with Crippen LogP contribution >= 0.6 is 0 Å². The second-order valence-corrected chi connectivity index (χ2v) is 4.83. The van der Waals surface area contributed by atoms with Crippen molar-refractivity contribution < 1.29 is 14.3 Å². The maximum absolute atomic E-state index is 11.9. The predicted molar refractivity (Wildman–Crippen MR) is 64.4 cm³/mol. The molecule has 3 atom stereocenters. The van der Waals surface area contributed by atoms with E-state index in [1.807, 2.05) is 20.8 Å². The molecule has 0 aromatic rings. The highest BCUT2D eigenvalue weighted by Crippen LogP contribution is 2.15. The second-order valence-electron chi connectivity index (χ2n) is 4.83. The van der Waals surface area contributed by atoms with Gasteiger partial charge in [0.15, 0.2) is 0 Å². The van der Waals surface area contributed by atoms with Crippen LogP contribution in [0.5, 0.6) is 0 Å². The molecule has 2 amide bonds. The fourth-order valence-electron chi connectivity index (χ4n) is 1.74.